The third kappa shape index (κ3) is 1.99. The maximum Gasteiger partial charge on any atom is 0.413 e. The first-order valence-electron chi connectivity index (χ1n) is 5.32. The van der Waals surface area contributed by atoms with E-state index in [-0.39, 0.29) is 6.61 Å². The fraction of sp³-hybridized carbons (Fsp3) is 0.455. The van der Waals surface area contributed by atoms with E-state index < -0.39 is 6.09 Å². The number of anilines is 1. The van der Waals surface area contributed by atoms with Crippen LogP contribution in [-0.4, -0.2) is 34.4 Å². The minimum atomic E-state index is -0.963. The lowest BCUT2D eigenvalue weighted by molar-refractivity contribution is 0.201. The van der Waals surface area contributed by atoms with Crippen molar-refractivity contribution < 1.29 is 15.0 Å². The van der Waals surface area contributed by atoms with E-state index in [4.69, 9.17) is 10.2 Å². The molecule has 0 fully saturated rings. The molecule has 0 saturated heterocycles. The van der Waals surface area contributed by atoms with Crippen molar-refractivity contribution in [2.75, 3.05) is 18.1 Å². The minimum absolute atomic E-state index is 0.0266. The number of hydrogen-bond acceptors (Lipinski definition) is 3. The third-order valence-corrected chi connectivity index (χ3v) is 2.70. The summed E-state index contributed by atoms with van der Waals surface area (Å²) in [7, 11) is 0. The Labute approximate surface area is 93.3 Å². The Morgan fingerprint density at radius 2 is 2.31 bits per heavy atom. The molecule has 1 aromatic heterocycles. The van der Waals surface area contributed by atoms with E-state index in [2.05, 4.69) is 4.98 Å². The van der Waals surface area contributed by atoms with Crippen LogP contribution in [0, 0.1) is 0 Å². The van der Waals surface area contributed by atoms with Crippen molar-refractivity contribution in [3.05, 3.63) is 23.4 Å². The first-order valence-corrected chi connectivity index (χ1v) is 5.32. The summed E-state index contributed by atoms with van der Waals surface area (Å²) in [4.78, 5) is 16.6. The van der Waals surface area contributed by atoms with Gasteiger partial charge in [0.1, 0.15) is 5.82 Å². The van der Waals surface area contributed by atoms with Gasteiger partial charge < -0.3 is 10.2 Å². The molecule has 0 radical (unpaired) electrons. The number of fused-ring (bicyclic) bond motifs is 1. The molecule has 5 heteroatoms. The van der Waals surface area contributed by atoms with E-state index in [1.54, 1.807) is 0 Å². The number of aromatic nitrogens is 1. The minimum Gasteiger partial charge on any atom is -0.465 e. The van der Waals surface area contributed by atoms with E-state index >= 15 is 0 Å². The predicted molar refractivity (Wildman–Crippen MR) is 58.7 cm³/mol. The molecule has 86 valence electrons. The number of nitrogens with zero attached hydrogens (tertiary/aromatic N) is 2. The zero-order valence-corrected chi connectivity index (χ0v) is 8.89. The molecule has 0 saturated carbocycles. The number of carbonyl (C=O) groups is 1. The molecule has 0 atom stereocenters. The van der Waals surface area contributed by atoms with Crippen LogP contribution in [0.5, 0.6) is 0 Å². The number of hydrogen-bond donors (Lipinski definition) is 2. The highest BCUT2D eigenvalue weighted by Gasteiger charge is 2.23. The van der Waals surface area contributed by atoms with Gasteiger partial charge in [0, 0.05) is 25.3 Å². The van der Waals surface area contributed by atoms with E-state index in [1.807, 2.05) is 12.1 Å². The highest BCUT2D eigenvalue weighted by molar-refractivity contribution is 5.86. The summed E-state index contributed by atoms with van der Waals surface area (Å²) in [5, 5.41) is 17.9. The summed E-state index contributed by atoms with van der Waals surface area (Å²) in [6.07, 6.45) is 1.20. The average molecular weight is 222 g/mol. The summed E-state index contributed by atoms with van der Waals surface area (Å²) < 4.78 is 0. The maximum absolute atomic E-state index is 11.0. The van der Waals surface area contributed by atoms with Crippen LogP contribution in [0.3, 0.4) is 0 Å². The number of aliphatic hydroxyl groups is 1. The highest BCUT2D eigenvalue weighted by atomic mass is 16.4. The Morgan fingerprint density at radius 3 is 3.00 bits per heavy atom. The highest BCUT2D eigenvalue weighted by Crippen LogP contribution is 2.25. The normalized spacial score (nSPS) is 14.7. The Bertz CT molecular complexity index is 406. The number of rotatable bonds is 2. The van der Waals surface area contributed by atoms with Crippen molar-refractivity contribution in [2.24, 2.45) is 0 Å². The molecule has 5 nitrogen and oxygen atoms in total. The molecule has 2 rings (SSSR count). The van der Waals surface area contributed by atoms with Gasteiger partial charge in [-0.1, -0.05) is 6.07 Å². The number of aliphatic hydroxyl groups excluding tert-OH is 1. The maximum atomic E-state index is 11.0. The standard InChI is InChI=1S/C11H14N2O3/c14-7-5-9-4-3-8-2-1-6-13(11(15)16)10(8)12-9/h3-4,14H,1-2,5-7H2,(H,15,16). The van der Waals surface area contributed by atoms with Gasteiger partial charge in [-0.15, -0.1) is 0 Å². The fourth-order valence-corrected chi connectivity index (χ4v) is 1.92. The van der Waals surface area contributed by atoms with Gasteiger partial charge in [-0.3, -0.25) is 4.90 Å². The van der Waals surface area contributed by atoms with Crippen molar-refractivity contribution in [2.45, 2.75) is 19.3 Å². The number of carboxylic acid groups (broad SMARTS) is 1. The first kappa shape index (κ1) is 10.9. The fourth-order valence-electron chi connectivity index (χ4n) is 1.92. The SMILES string of the molecule is O=C(O)N1CCCc2ccc(CCO)nc21. The second-order valence-electron chi connectivity index (χ2n) is 3.80. The van der Waals surface area contributed by atoms with Gasteiger partial charge in [0.15, 0.2) is 0 Å². The van der Waals surface area contributed by atoms with Crippen molar-refractivity contribution in [3.8, 4) is 0 Å². The molecule has 0 bridgehead atoms. The lowest BCUT2D eigenvalue weighted by Gasteiger charge is -2.26. The molecule has 1 aliphatic rings. The van der Waals surface area contributed by atoms with Crippen molar-refractivity contribution in [1.82, 2.24) is 4.98 Å². The molecule has 0 aliphatic carbocycles. The van der Waals surface area contributed by atoms with Crippen LogP contribution in [0.2, 0.25) is 0 Å². The van der Waals surface area contributed by atoms with Crippen LogP contribution >= 0.6 is 0 Å². The van der Waals surface area contributed by atoms with Gasteiger partial charge >= 0.3 is 6.09 Å². The molecule has 0 aromatic carbocycles. The van der Waals surface area contributed by atoms with Gasteiger partial charge in [-0.05, 0) is 24.5 Å². The predicted octanol–water partition coefficient (Wildman–Crippen LogP) is 1.05. The van der Waals surface area contributed by atoms with E-state index in [9.17, 15) is 4.79 Å². The second-order valence-corrected chi connectivity index (χ2v) is 3.80. The molecular formula is C11H14N2O3. The van der Waals surface area contributed by atoms with Crippen molar-refractivity contribution in [1.29, 1.82) is 0 Å². The molecule has 1 aliphatic heterocycles. The number of aryl methyl sites for hydroxylation is 1. The third-order valence-electron chi connectivity index (χ3n) is 2.70. The molecule has 2 heterocycles. The van der Waals surface area contributed by atoms with Crippen LogP contribution in [0.25, 0.3) is 0 Å². The smallest absolute Gasteiger partial charge is 0.413 e. The van der Waals surface area contributed by atoms with E-state index in [0.717, 1.165) is 24.1 Å². The molecule has 16 heavy (non-hydrogen) atoms. The van der Waals surface area contributed by atoms with Gasteiger partial charge in [0.05, 0.1) is 0 Å². The quantitative estimate of drug-likeness (QED) is 0.784. The largest absolute Gasteiger partial charge is 0.465 e. The molecular weight excluding hydrogens is 208 g/mol. The van der Waals surface area contributed by atoms with Gasteiger partial charge in [-0.25, -0.2) is 9.78 Å². The summed E-state index contributed by atoms with van der Waals surface area (Å²) in [6.45, 7) is 0.525. The lowest BCUT2D eigenvalue weighted by Crippen LogP contribution is -2.35. The number of amides is 1. The molecule has 2 N–H and O–H groups in total. The van der Waals surface area contributed by atoms with Gasteiger partial charge in [-0.2, -0.15) is 0 Å². The Morgan fingerprint density at radius 1 is 1.50 bits per heavy atom. The van der Waals surface area contributed by atoms with Crippen LogP contribution in [0.4, 0.5) is 10.6 Å². The van der Waals surface area contributed by atoms with E-state index in [1.165, 1.54) is 4.90 Å². The van der Waals surface area contributed by atoms with Gasteiger partial charge in [0.25, 0.3) is 0 Å². The zero-order valence-electron chi connectivity index (χ0n) is 8.89. The average Bonchev–Trinajstić information content (AvgIpc) is 2.28. The Balaban J connectivity index is 2.36. The van der Waals surface area contributed by atoms with Crippen LogP contribution < -0.4 is 4.90 Å². The summed E-state index contributed by atoms with van der Waals surface area (Å²) >= 11 is 0. The van der Waals surface area contributed by atoms with Crippen LogP contribution in [0.15, 0.2) is 12.1 Å². The molecule has 1 amide bonds. The number of pyridine rings is 1. The second kappa shape index (κ2) is 4.49. The summed E-state index contributed by atoms with van der Waals surface area (Å²) in [6, 6.07) is 3.75. The van der Waals surface area contributed by atoms with Crippen molar-refractivity contribution >= 4 is 11.9 Å². The summed E-state index contributed by atoms with van der Waals surface area (Å²) in [5.41, 5.74) is 1.70. The zero-order chi connectivity index (χ0) is 11.5. The topological polar surface area (TPSA) is 73.7 Å². The van der Waals surface area contributed by atoms with Crippen LogP contribution in [0.1, 0.15) is 17.7 Å². The van der Waals surface area contributed by atoms with Crippen LogP contribution in [-0.2, 0) is 12.8 Å². The molecule has 0 unspecified atom stereocenters. The monoisotopic (exact) mass is 222 g/mol. The van der Waals surface area contributed by atoms with Gasteiger partial charge in [0.2, 0.25) is 0 Å². The Kier molecular flexibility index (Phi) is 3.05. The lowest BCUT2D eigenvalue weighted by atomic mass is 10.1. The summed E-state index contributed by atoms with van der Waals surface area (Å²) in [5.74, 6) is 0.532. The molecule has 0 spiro atoms. The van der Waals surface area contributed by atoms with E-state index in [0.29, 0.717) is 18.8 Å². The first-order chi connectivity index (χ1) is 7.72. The molecule has 1 aromatic rings. The van der Waals surface area contributed by atoms with Crippen molar-refractivity contribution in [3.63, 3.8) is 0 Å². The Hall–Kier alpha value is -1.62.